The van der Waals surface area contributed by atoms with Gasteiger partial charge in [0.15, 0.2) is 0 Å². The van der Waals surface area contributed by atoms with E-state index in [1.54, 1.807) is 7.11 Å². The van der Waals surface area contributed by atoms with E-state index in [0.717, 1.165) is 17.7 Å². The number of aliphatic hydroxyl groups is 1. The molecule has 0 aliphatic rings. The van der Waals surface area contributed by atoms with Crippen LogP contribution in [0.4, 0.5) is 0 Å². The molecule has 17 heavy (non-hydrogen) atoms. The van der Waals surface area contributed by atoms with Gasteiger partial charge in [0.1, 0.15) is 11.9 Å². The van der Waals surface area contributed by atoms with Crippen molar-refractivity contribution in [2.24, 2.45) is 0 Å². The second-order valence-electron chi connectivity index (χ2n) is 4.24. The monoisotopic (exact) mass is 238 g/mol. The molecule has 1 aromatic rings. The van der Waals surface area contributed by atoms with Gasteiger partial charge in [0, 0.05) is 12.7 Å². The van der Waals surface area contributed by atoms with Gasteiger partial charge in [-0.25, -0.2) is 0 Å². The van der Waals surface area contributed by atoms with Gasteiger partial charge in [-0.1, -0.05) is 25.1 Å². The van der Waals surface area contributed by atoms with Crippen LogP contribution in [0.2, 0.25) is 0 Å². The second kappa shape index (κ2) is 6.03. The summed E-state index contributed by atoms with van der Waals surface area (Å²) in [5.41, 5.74) is 0.188. The van der Waals surface area contributed by atoms with Gasteiger partial charge in [-0.3, -0.25) is 0 Å². The van der Waals surface area contributed by atoms with Gasteiger partial charge in [-0.05, 0) is 26.3 Å². The Bertz CT molecular complexity index is 345. The van der Waals surface area contributed by atoms with Gasteiger partial charge in [0.05, 0.1) is 12.2 Å². The van der Waals surface area contributed by atoms with Crippen molar-refractivity contribution in [2.45, 2.75) is 38.9 Å². The third kappa shape index (κ3) is 2.99. The van der Waals surface area contributed by atoms with Crippen LogP contribution in [0.1, 0.15) is 38.9 Å². The van der Waals surface area contributed by atoms with Crippen molar-refractivity contribution >= 4 is 0 Å². The fourth-order valence-corrected chi connectivity index (χ4v) is 1.77. The predicted molar refractivity (Wildman–Crippen MR) is 68.3 cm³/mol. The Hall–Kier alpha value is -1.06. The average molecular weight is 238 g/mol. The minimum Gasteiger partial charge on any atom is -0.493 e. The van der Waals surface area contributed by atoms with E-state index < -0.39 is 11.7 Å². The number of ether oxygens (including phenoxy) is 2. The standard InChI is InChI=1S/C14H22O3/c1-5-14(3,16-4)13(15)11-9-7-8-10-12(11)17-6-2/h7-10,13,15H,5-6H2,1-4H3. The first-order valence-electron chi connectivity index (χ1n) is 6.04. The van der Waals surface area contributed by atoms with Crippen LogP contribution >= 0.6 is 0 Å². The summed E-state index contributed by atoms with van der Waals surface area (Å²) in [6.45, 7) is 6.41. The quantitative estimate of drug-likeness (QED) is 0.828. The third-order valence-electron chi connectivity index (χ3n) is 3.26. The van der Waals surface area contributed by atoms with E-state index in [9.17, 15) is 5.11 Å². The summed E-state index contributed by atoms with van der Waals surface area (Å²) < 4.78 is 11.0. The molecule has 2 unspecified atom stereocenters. The van der Waals surface area contributed by atoms with Crippen molar-refractivity contribution in [3.8, 4) is 5.75 Å². The molecule has 0 heterocycles. The summed E-state index contributed by atoms with van der Waals surface area (Å²) in [4.78, 5) is 0. The lowest BCUT2D eigenvalue weighted by Crippen LogP contribution is -2.34. The molecule has 0 fully saturated rings. The first-order valence-corrected chi connectivity index (χ1v) is 6.04. The van der Waals surface area contributed by atoms with Gasteiger partial charge in [0.2, 0.25) is 0 Å². The number of methoxy groups -OCH3 is 1. The number of hydrogen-bond donors (Lipinski definition) is 1. The van der Waals surface area contributed by atoms with E-state index in [1.165, 1.54) is 0 Å². The fourth-order valence-electron chi connectivity index (χ4n) is 1.77. The summed E-state index contributed by atoms with van der Waals surface area (Å²) >= 11 is 0. The molecule has 96 valence electrons. The van der Waals surface area contributed by atoms with Crippen molar-refractivity contribution in [2.75, 3.05) is 13.7 Å². The molecule has 0 spiro atoms. The largest absolute Gasteiger partial charge is 0.493 e. The fraction of sp³-hybridized carbons (Fsp3) is 0.571. The summed E-state index contributed by atoms with van der Waals surface area (Å²) in [5.74, 6) is 0.722. The number of aliphatic hydroxyl groups excluding tert-OH is 1. The minimum absolute atomic E-state index is 0.583. The van der Waals surface area contributed by atoms with E-state index >= 15 is 0 Å². The van der Waals surface area contributed by atoms with Crippen molar-refractivity contribution in [3.63, 3.8) is 0 Å². The van der Waals surface area contributed by atoms with Crippen molar-refractivity contribution < 1.29 is 14.6 Å². The molecular weight excluding hydrogens is 216 g/mol. The number of para-hydroxylation sites is 1. The molecule has 0 saturated heterocycles. The average Bonchev–Trinajstić information content (AvgIpc) is 2.38. The van der Waals surface area contributed by atoms with Crippen LogP contribution in [0, 0.1) is 0 Å². The molecule has 0 saturated carbocycles. The van der Waals surface area contributed by atoms with Crippen LogP contribution < -0.4 is 4.74 Å². The van der Waals surface area contributed by atoms with Gasteiger partial charge in [-0.15, -0.1) is 0 Å². The van der Waals surface area contributed by atoms with E-state index in [2.05, 4.69) is 0 Å². The molecule has 1 rings (SSSR count). The topological polar surface area (TPSA) is 38.7 Å². The molecule has 0 bridgehead atoms. The van der Waals surface area contributed by atoms with Crippen LogP contribution in [0.25, 0.3) is 0 Å². The first-order chi connectivity index (χ1) is 8.09. The second-order valence-corrected chi connectivity index (χ2v) is 4.24. The Morgan fingerprint density at radius 2 is 1.94 bits per heavy atom. The van der Waals surface area contributed by atoms with Crippen molar-refractivity contribution in [1.29, 1.82) is 0 Å². The van der Waals surface area contributed by atoms with E-state index in [4.69, 9.17) is 9.47 Å². The van der Waals surface area contributed by atoms with Crippen LogP contribution in [0.5, 0.6) is 5.75 Å². The minimum atomic E-state index is -0.694. The maximum atomic E-state index is 10.4. The SMILES string of the molecule is CCOc1ccccc1C(O)C(C)(CC)OC. The van der Waals surface area contributed by atoms with E-state index in [1.807, 2.05) is 45.0 Å². The molecule has 1 N–H and O–H groups in total. The third-order valence-corrected chi connectivity index (χ3v) is 3.26. The van der Waals surface area contributed by atoms with E-state index in [-0.39, 0.29) is 0 Å². The molecular formula is C14H22O3. The van der Waals surface area contributed by atoms with Crippen LogP contribution in [-0.4, -0.2) is 24.4 Å². The summed E-state index contributed by atoms with van der Waals surface area (Å²) in [6.07, 6.45) is 0.0331. The van der Waals surface area contributed by atoms with Gasteiger partial charge in [-0.2, -0.15) is 0 Å². The first kappa shape index (κ1) is 14.0. The molecule has 3 nitrogen and oxygen atoms in total. The van der Waals surface area contributed by atoms with Crippen molar-refractivity contribution in [1.82, 2.24) is 0 Å². The maximum absolute atomic E-state index is 10.4. The highest BCUT2D eigenvalue weighted by Gasteiger charge is 2.33. The van der Waals surface area contributed by atoms with Gasteiger partial charge < -0.3 is 14.6 Å². The smallest absolute Gasteiger partial charge is 0.125 e. The summed E-state index contributed by atoms with van der Waals surface area (Å²) in [7, 11) is 1.62. The zero-order valence-electron chi connectivity index (χ0n) is 11.1. The molecule has 0 amide bonds. The van der Waals surface area contributed by atoms with Crippen LogP contribution in [0.3, 0.4) is 0 Å². The van der Waals surface area contributed by atoms with Crippen LogP contribution in [-0.2, 0) is 4.74 Å². The van der Waals surface area contributed by atoms with Crippen molar-refractivity contribution in [3.05, 3.63) is 29.8 Å². The molecule has 0 radical (unpaired) electrons. The molecule has 1 aromatic carbocycles. The van der Waals surface area contributed by atoms with Crippen LogP contribution in [0.15, 0.2) is 24.3 Å². The Kier molecular flexibility index (Phi) is 4.97. The summed E-state index contributed by atoms with van der Waals surface area (Å²) in [6, 6.07) is 7.54. The Morgan fingerprint density at radius 3 is 2.47 bits per heavy atom. The van der Waals surface area contributed by atoms with Gasteiger partial charge in [0.25, 0.3) is 0 Å². The zero-order valence-corrected chi connectivity index (χ0v) is 11.1. The lowest BCUT2D eigenvalue weighted by molar-refractivity contribution is -0.0951. The molecule has 0 aliphatic heterocycles. The highest BCUT2D eigenvalue weighted by Crippen LogP contribution is 2.36. The Labute approximate surface area is 103 Å². The Morgan fingerprint density at radius 1 is 1.29 bits per heavy atom. The molecule has 0 aromatic heterocycles. The molecule has 2 atom stereocenters. The lowest BCUT2D eigenvalue weighted by Gasteiger charge is -2.33. The maximum Gasteiger partial charge on any atom is 0.125 e. The molecule has 3 heteroatoms. The number of benzene rings is 1. The normalized spacial score (nSPS) is 16.3. The van der Waals surface area contributed by atoms with Gasteiger partial charge >= 0.3 is 0 Å². The number of rotatable bonds is 6. The number of hydrogen-bond acceptors (Lipinski definition) is 3. The van der Waals surface area contributed by atoms with E-state index in [0.29, 0.717) is 6.61 Å². The highest BCUT2D eigenvalue weighted by atomic mass is 16.5. The molecule has 0 aliphatic carbocycles. The Balaban J connectivity index is 3.06. The summed E-state index contributed by atoms with van der Waals surface area (Å²) in [5, 5.41) is 10.4. The highest BCUT2D eigenvalue weighted by molar-refractivity contribution is 5.36. The lowest BCUT2D eigenvalue weighted by atomic mass is 9.90. The predicted octanol–water partition coefficient (Wildman–Crippen LogP) is 2.93. The zero-order chi connectivity index (χ0) is 12.9.